The Bertz CT molecular complexity index is 709. The number of carbonyl (C=O) groups is 1. The predicted molar refractivity (Wildman–Crippen MR) is 85.2 cm³/mol. The number of hydrogen-bond acceptors (Lipinski definition) is 4. The largest absolute Gasteiger partial charge is 0.370 e. The second-order valence-corrected chi connectivity index (χ2v) is 5.05. The quantitative estimate of drug-likeness (QED) is 0.890. The fourth-order valence-electron chi connectivity index (χ4n) is 1.71. The van der Waals surface area contributed by atoms with E-state index < -0.39 is 0 Å². The first-order chi connectivity index (χ1) is 10.1. The monoisotopic (exact) mass is 344 g/mol. The van der Waals surface area contributed by atoms with E-state index in [2.05, 4.69) is 31.5 Å². The minimum absolute atomic E-state index is 0.305. The highest BCUT2D eigenvalue weighted by molar-refractivity contribution is 9.10. The van der Waals surface area contributed by atoms with Crippen LogP contribution in [0.4, 0.5) is 11.5 Å². The van der Waals surface area contributed by atoms with Crippen LogP contribution >= 0.6 is 15.9 Å². The van der Waals surface area contributed by atoms with Gasteiger partial charge in [-0.05, 0) is 53.2 Å². The van der Waals surface area contributed by atoms with Crippen LogP contribution in [0.15, 0.2) is 40.9 Å². The van der Waals surface area contributed by atoms with Gasteiger partial charge in [0.2, 0.25) is 0 Å². The third kappa shape index (κ3) is 3.80. The Hall–Kier alpha value is -2.39. The summed E-state index contributed by atoms with van der Waals surface area (Å²) in [4.78, 5) is 16.4. The zero-order chi connectivity index (χ0) is 15.2. The van der Waals surface area contributed by atoms with Crippen molar-refractivity contribution in [3.05, 3.63) is 52.1 Å². The molecule has 1 aromatic carbocycles. The van der Waals surface area contributed by atoms with Crippen LogP contribution in [0, 0.1) is 11.3 Å². The summed E-state index contributed by atoms with van der Waals surface area (Å²) in [6.07, 6.45) is 0. The summed E-state index contributed by atoms with van der Waals surface area (Å²) in [6, 6.07) is 12.2. The number of halogens is 1. The molecule has 0 aliphatic carbocycles. The minimum atomic E-state index is -0.305. The summed E-state index contributed by atoms with van der Waals surface area (Å²) >= 11 is 3.33. The van der Waals surface area contributed by atoms with Gasteiger partial charge in [0.25, 0.3) is 5.91 Å². The highest BCUT2D eigenvalue weighted by Gasteiger charge is 2.10. The summed E-state index contributed by atoms with van der Waals surface area (Å²) in [5.74, 6) is 0.351. The standard InChI is InChI=1S/C15H13BrN4O/c1-2-18-14-5-3-4-13(19-14)15(21)20-12-7-6-10(9-17)8-11(12)16/h3-8H,2H2,1H3,(H,18,19)(H,20,21). The number of carbonyl (C=O) groups excluding carboxylic acids is 1. The van der Waals surface area contributed by atoms with Gasteiger partial charge in [0.05, 0.1) is 17.3 Å². The molecular weight excluding hydrogens is 332 g/mol. The van der Waals surface area contributed by atoms with E-state index in [1.54, 1.807) is 36.4 Å². The van der Waals surface area contributed by atoms with Gasteiger partial charge in [-0.1, -0.05) is 6.07 Å². The molecule has 1 amide bonds. The molecule has 0 radical (unpaired) electrons. The highest BCUT2D eigenvalue weighted by atomic mass is 79.9. The summed E-state index contributed by atoms with van der Waals surface area (Å²) in [5.41, 5.74) is 1.44. The maximum atomic E-state index is 12.2. The number of nitriles is 1. The Balaban J connectivity index is 2.18. The SMILES string of the molecule is CCNc1cccc(C(=O)Nc2ccc(C#N)cc2Br)n1. The Labute approximate surface area is 131 Å². The number of hydrogen-bond donors (Lipinski definition) is 2. The molecular formula is C15H13BrN4O. The van der Waals surface area contributed by atoms with E-state index in [0.29, 0.717) is 27.2 Å². The van der Waals surface area contributed by atoms with Crippen molar-refractivity contribution in [3.63, 3.8) is 0 Å². The van der Waals surface area contributed by atoms with E-state index in [4.69, 9.17) is 5.26 Å². The maximum absolute atomic E-state index is 12.2. The molecule has 0 atom stereocenters. The molecule has 1 heterocycles. The van der Waals surface area contributed by atoms with E-state index in [-0.39, 0.29) is 5.91 Å². The molecule has 0 unspecified atom stereocenters. The lowest BCUT2D eigenvalue weighted by Gasteiger charge is -2.08. The van der Waals surface area contributed by atoms with Crippen LogP contribution in [0.1, 0.15) is 23.0 Å². The molecule has 106 valence electrons. The van der Waals surface area contributed by atoms with Crippen LogP contribution in [0.2, 0.25) is 0 Å². The molecule has 0 aliphatic rings. The summed E-state index contributed by atoms with van der Waals surface area (Å²) in [7, 11) is 0. The Morgan fingerprint density at radius 2 is 2.19 bits per heavy atom. The van der Waals surface area contributed by atoms with Gasteiger partial charge in [0.1, 0.15) is 11.5 Å². The molecule has 2 rings (SSSR count). The van der Waals surface area contributed by atoms with Crippen LogP contribution in [0.5, 0.6) is 0 Å². The zero-order valence-corrected chi connectivity index (χ0v) is 12.9. The molecule has 0 aliphatic heterocycles. The number of amides is 1. The van der Waals surface area contributed by atoms with Gasteiger partial charge in [0, 0.05) is 11.0 Å². The first-order valence-corrected chi connectivity index (χ1v) is 7.15. The van der Waals surface area contributed by atoms with Gasteiger partial charge in [-0.15, -0.1) is 0 Å². The zero-order valence-electron chi connectivity index (χ0n) is 11.4. The van der Waals surface area contributed by atoms with Crippen molar-refractivity contribution in [1.82, 2.24) is 4.98 Å². The predicted octanol–water partition coefficient (Wildman–Crippen LogP) is 3.40. The van der Waals surface area contributed by atoms with Crippen molar-refractivity contribution in [2.75, 3.05) is 17.2 Å². The van der Waals surface area contributed by atoms with Crippen LogP contribution in [-0.2, 0) is 0 Å². The summed E-state index contributed by atoms with van der Waals surface area (Å²) < 4.78 is 0.651. The Morgan fingerprint density at radius 3 is 2.86 bits per heavy atom. The van der Waals surface area contributed by atoms with Crippen molar-refractivity contribution >= 4 is 33.3 Å². The van der Waals surface area contributed by atoms with Crippen molar-refractivity contribution in [3.8, 4) is 6.07 Å². The second kappa shape index (κ2) is 6.86. The molecule has 6 heteroatoms. The molecule has 2 aromatic rings. The van der Waals surface area contributed by atoms with Crippen molar-refractivity contribution in [1.29, 1.82) is 5.26 Å². The van der Waals surface area contributed by atoms with Crippen molar-refractivity contribution < 1.29 is 4.79 Å². The van der Waals surface area contributed by atoms with Gasteiger partial charge < -0.3 is 10.6 Å². The lowest BCUT2D eigenvalue weighted by molar-refractivity contribution is 0.102. The first kappa shape index (κ1) is 15.0. The van der Waals surface area contributed by atoms with Crippen molar-refractivity contribution in [2.24, 2.45) is 0 Å². The van der Waals surface area contributed by atoms with E-state index in [1.165, 1.54) is 0 Å². The third-order valence-electron chi connectivity index (χ3n) is 2.69. The van der Waals surface area contributed by atoms with Gasteiger partial charge >= 0.3 is 0 Å². The molecule has 0 bridgehead atoms. The van der Waals surface area contributed by atoms with Gasteiger partial charge in [-0.3, -0.25) is 4.79 Å². The minimum Gasteiger partial charge on any atom is -0.370 e. The number of nitrogens with one attached hydrogen (secondary N) is 2. The number of benzene rings is 1. The Kier molecular flexibility index (Phi) is 4.90. The van der Waals surface area contributed by atoms with E-state index in [1.807, 2.05) is 13.0 Å². The maximum Gasteiger partial charge on any atom is 0.274 e. The fourth-order valence-corrected chi connectivity index (χ4v) is 2.19. The molecule has 2 N–H and O–H groups in total. The lowest BCUT2D eigenvalue weighted by Crippen LogP contribution is -2.15. The van der Waals surface area contributed by atoms with Crippen LogP contribution in [-0.4, -0.2) is 17.4 Å². The Morgan fingerprint density at radius 1 is 1.38 bits per heavy atom. The van der Waals surface area contributed by atoms with Crippen LogP contribution in [0.3, 0.4) is 0 Å². The molecule has 0 saturated carbocycles. The van der Waals surface area contributed by atoms with Crippen LogP contribution in [0.25, 0.3) is 0 Å². The molecule has 0 spiro atoms. The molecule has 5 nitrogen and oxygen atoms in total. The normalized spacial score (nSPS) is 9.76. The highest BCUT2D eigenvalue weighted by Crippen LogP contribution is 2.24. The van der Waals surface area contributed by atoms with Gasteiger partial charge in [0.15, 0.2) is 0 Å². The molecule has 0 saturated heterocycles. The molecule has 1 aromatic heterocycles. The number of anilines is 2. The average Bonchev–Trinajstić information content (AvgIpc) is 2.50. The van der Waals surface area contributed by atoms with Gasteiger partial charge in [-0.25, -0.2) is 4.98 Å². The van der Waals surface area contributed by atoms with Gasteiger partial charge in [-0.2, -0.15) is 5.26 Å². The van der Waals surface area contributed by atoms with E-state index >= 15 is 0 Å². The fraction of sp³-hybridized carbons (Fsp3) is 0.133. The number of rotatable bonds is 4. The molecule has 21 heavy (non-hydrogen) atoms. The smallest absolute Gasteiger partial charge is 0.274 e. The number of aromatic nitrogens is 1. The summed E-state index contributed by atoms with van der Waals surface area (Å²) in [6.45, 7) is 2.70. The van der Waals surface area contributed by atoms with Crippen molar-refractivity contribution in [2.45, 2.75) is 6.92 Å². The first-order valence-electron chi connectivity index (χ1n) is 6.36. The van der Waals surface area contributed by atoms with Crippen LogP contribution < -0.4 is 10.6 Å². The average molecular weight is 345 g/mol. The summed E-state index contributed by atoms with van der Waals surface area (Å²) in [5, 5.41) is 14.6. The van der Waals surface area contributed by atoms with E-state index in [0.717, 1.165) is 6.54 Å². The lowest BCUT2D eigenvalue weighted by atomic mass is 10.2. The molecule has 0 fully saturated rings. The second-order valence-electron chi connectivity index (χ2n) is 4.20. The topological polar surface area (TPSA) is 77.8 Å². The number of pyridine rings is 1. The van der Waals surface area contributed by atoms with E-state index in [9.17, 15) is 4.79 Å². The number of nitrogens with zero attached hydrogens (tertiary/aromatic N) is 2. The third-order valence-corrected chi connectivity index (χ3v) is 3.34.